The Morgan fingerprint density at radius 1 is 1.03 bits per heavy atom. The van der Waals surface area contributed by atoms with Gasteiger partial charge < -0.3 is 19.2 Å². The number of benzene rings is 1. The number of pyridine rings is 1. The fraction of sp³-hybridized carbons (Fsp3) is 0.500. The van der Waals surface area contributed by atoms with Gasteiger partial charge in [-0.1, -0.05) is 26.8 Å². The number of aromatic nitrogens is 1. The lowest BCUT2D eigenvalue weighted by Gasteiger charge is -2.37. The number of nitrogens with zero attached hydrogens (tertiary/aromatic N) is 1. The molecule has 1 heterocycles. The van der Waals surface area contributed by atoms with Crippen LogP contribution in [0.3, 0.4) is 0 Å². The quantitative estimate of drug-likeness (QED) is 0.500. The van der Waals surface area contributed by atoms with Crippen LogP contribution in [0.15, 0.2) is 36.4 Å². The molecule has 0 aliphatic rings. The van der Waals surface area contributed by atoms with E-state index in [1.807, 2.05) is 46.0 Å². The van der Waals surface area contributed by atoms with E-state index in [-0.39, 0.29) is 10.7 Å². The third-order valence-electron chi connectivity index (χ3n) is 5.50. The van der Waals surface area contributed by atoms with Crippen LogP contribution in [-0.2, 0) is 16.9 Å². The molecule has 2 rings (SSSR count). The second-order valence-electron chi connectivity index (χ2n) is 8.69. The summed E-state index contributed by atoms with van der Waals surface area (Å²) in [5.41, 5.74) is 0.548. The van der Waals surface area contributed by atoms with Crippen LogP contribution < -0.4 is 14.8 Å². The van der Waals surface area contributed by atoms with Crippen LogP contribution in [0.2, 0.25) is 18.1 Å². The second-order valence-corrected chi connectivity index (χ2v) is 13.5. The Hall–Kier alpha value is -2.19. The van der Waals surface area contributed by atoms with Crippen LogP contribution in [0, 0.1) is 0 Å². The number of ether oxygens (including phenoxy) is 2. The molecule has 0 aliphatic carbocycles. The fourth-order valence-corrected chi connectivity index (χ4v) is 3.46. The lowest BCUT2D eigenvalue weighted by molar-refractivity contribution is -0.0544. The van der Waals surface area contributed by atoms with Gasteiger partial charge in [-0.15, -0.1) is 0 Å². The minimum absolute atomic E-state index is 0.142. The molecule has 8 heteroatoms. The molecular weight excluding hydrogens is 406 g/mol. The summed E-state index contributed by atoms with van der Waals surface area (Å²) in [6, 6.07) is 9.99. The van der Waals surface area contributed by atoms with E-state index in [1.54, 1.807) is 32.4 Å². The molecule has 1 aromatic heterocycles. The normalized spacial score (nSPS) is 12.6. The number of halogens is 2. The molecule has 0 atom stereocenters. The van der Waals surface area contributed by atoms with Gasteiger partial charge in [-0.2, -0.15) is 8.78 Å². The van der Waals surface area contributed by atoms with Crippen molar-refractivity contribution in [1.29, 1.82) is 0 Å². The first kappa shape index (κ1) is 24.1. The van der Waals surface area contributed by atoms with E-state index < -0.39 is 20.8 Å². The molecule has 0 fully saturated rings. The zero-order valence-electron chi connectivity index (χ0n) is 18.8. The maximum Gasteiger partial charge on any atom is 0.311 e. The maximum atomic E-state index is 14.8. The number of rotatable bonds is 9. The van der Waals surface area contributed by atoms with Crippen molar-refractivity contribution in [2.45, 2.75) is 51.4 Å². The van der Waals surface area contributed by atoms with Gasteiger partial charge in [0.25, 0.3) is 0 Å². The number of alkyl halides is 2. The molecule has 0 radical (unpaired) electrons. The topological polar surface area (TPSA) is 52.6 Å². The van der Waals surface area contributed by atoms with Crippen molar-refractivity contribution >= 4 is 14.1 Å². The smallest absolute Gasteiger partial charge is 0.311 e. The predicted octanol–water partition coefficient (Wildman–Crippen LogP) is 5.82. The van der Waals surface area contributed by atoms with Gasteiger partial charge in [0.2, 0.25) is 0 Å². The first-order valence-electron chi connectivity index (χ1n) is 9.84. The molecule has 166 valence electrons. The summed E-state index contributed by atoms with van der Waals surface area (Å²) in [6.45, 7) is 9.67. The molecule has 5 nitrogen and oxygen atoms in total. The van der Waals surface area contributed by atoms with Crippen LogP contribution in [0.25, 0.3) is 0 Å². The highest BCUT2D eigenvalue weighted by molar-refractivity contribution is 6.74. The van der Waals surface area contributed by atoms with Gasteiger partial charge in [-0.3, -0.25) is 0 Å². The number of nitrogens with one attached hydrogen (secondary N) is 1. The average Bonchev–Trinajstić information content (AvgIpc) is 2.70. The van der Waals surface area contributed by atoms with Gasteiger partial charge in [0, 0.05) is 18.2 Å². The molecule has 0 saturated carbocycles. The van der Waals surface area contributed by atoms with Crippen LogP contribution in [-0.4, -0.2) is 34.1 Å². The minimum Gasteiger partial charge on any atom is -0.497 e. The highest BCUT2D eigenvalue weighted by atomic mass is 28.4. The monoisotopic (exact) mass is 438 g/mol. The van der Waals surface area contributed by atoms with Crippen molar-refractivity contribution in [2.24, 2.45) is 0 Å². The van der Waals surface area contributed by atoms with E-state index >= 15 is 0 Å². The minimum atomic E-state index is -3.18. The predicted molar refractivity (Wildman–Crippen MR) is 118 cm³/mol. The molecule has 2 aromatic rings. The molecule has 0 saturated heterocycles. The second kappa shape index (κ2) is 9.30. The zero-order chi connectivity index (χ0) is 22.6. The molecule has 0 bridgehead atoms. The lowest BCUT2D eigenvalue weighted by Crippen LogP contribution is -2.43. The summed E-state index contributed by atoms with van der Waals surface area (Å²) < 4.78 is 45.9. The third kappa shape index (κ3) is 5.92. The standard InChI is InChI=1S/C22H32F2N2O3Si/c1-21(2,3)30(6,7)29-15-22(23,24)19-9-8-10-20(26-19)25-14-16-11-12-17(27-4)13-18(16)28-5/h8-13H,14-15H2,1-7H3,(H,25,26). The van der Waals surface area contributed by atoms with Gasteiger partial charge >= 0.3 is 5.92 Å². The average molecular weight is 439 g/mol. The largest absolute Gasteiger partial charge is 0.497 e. The third-order valence-corrected chi connectivity index (χ3v) is 9.98. The summed E-state index contributed by atoms with van der Waals surface area (Å²) in [5, 5.41) is 2.94. The van der Waals surface area contributed by atoms with E-state index in [2.05, 4.69) is 10.3 Å². The summed E-state index contributed by atoms with van der Waals surface area (Å²) in [7, 11) is 0.864. The van der Waals surface area contributed by atoms with Gasteiger partial charge in [-0.05, 0) is 42.4 Å². The first-order valence-corrected chi connectivity index (χ1v) is 12.7. The van der Waals surface area contributed by atoms with E-state index in [9.17, 15) is 8.78 Å². The molecule has 1 aromatic carbocycles. The number of methoxy groups -OCH3 is 2. The highest BCUT2D eigenvalue weighted by Gasteiger charge is 2.42. The zero-order valence-corrected chi connectivity index (χ0v) is 19.8. The molecule has 0 aliphatic heterocycles. The molecule has 30 heavy (non-hydrogen) atoms. The van der Waals surface area contributed by atoms with Crippen molar-refractivity contribution in [3.05, 3.63) is 47.7 Å². The Labute approximate surface area is 178 Å². The molecule has 1 N–H and O–H groups in total. The Bertz CT molecular complexity index is 855. The van der Waals surface area contributed by atoms with E-state index in [1.165, 1.54) is 6.07 Å². The molecular formula is C22H32F2N2O3Si. The highest BCUT2D eigenvalue weighted by Crippen LogP contribution is 2.38. The van der Waals surface area contributed by atoms with Crippen molar-refractivity contribution in [3.8, 4) is 11.5 Å². The number of anilines is 1. The summed E-state index contributed by atoms with van der Waals surface area (Å²) in [4.78, 5) is 4.12. The molecule has 0 amide bonds. The summed E-state index contributed by atoms with van der Waals surface area (Å²) in [5.74, 6) is -1.49. The van der Waals surface area contributed by atoms with E-state index in [4.69, 9.17) is 13.9 Å². The Kier molecular flexibility index (Phi) is 7.47. The SMILES string of the molecule is COc1ccc(CNc2cccc(C(F)(F)CO[Si](C)(C)C(C)(C)C)n2)c(OC)c1. The van der Waals surface area contributed by atoms with Crippen LogP contribution in [0.5, 0.6) is 11.5 Å². The Morgan fingerprint density at radius 2 is 1.73 bits per heavy atom. The van der Waals surface area contributed by atoms with Crippen LogP contribution >= 0.6 is 0 Å². The number of hydrogen-bond acceptors (Lipinski definition) is 5. The summed E-state index contributed by atoms with van der Waals surface area (Å²) in [6.07, 6.45) is 0. The summed E-state index contributed by atoms with van der Waals surface area (Å²) >= 11 is 0. The van der Waals surface area contributed by atoms with E-state index in [0.29, 0.717) is 23.9 Å². The fourth-order valence-electron chi connectivity index (χ4n) is 2.48. The lowest BCUT2D eigenvalue weighted by atomic mass is 10.2. The van der Waals surface area contributed by atoms with Gasteiger partial charge in [0.05, 0.1) is 14.2 Å². The Morgan fingerprint density at radius 3 is 2.33 bits per heavy atom. The molecule has 0 spiro atoms. The van der Waals surface area contributed by atoms with Crippen molar-refractivity contribution in [2.75, 3.05) is 26.1 Å². The van der Waals surface area contributed by atoms with E-state index in [0.717, 1.165) is 5.56 Å². The van der Waals surface area contributed by atoms with Crippen LogP contribution in [0.4, 0.5) is 14.6 Å². The number of hydrogen-bond donors (Lipinski definition) is 1. The first-order chi connectivity index (χ1) is 13.9. The Balaban J connectivity index is 2.10. The van der Waals surface area contributed by atoms with Crippen LogP contribution in [0.1, 0.15) is 32.0 Å². The van der Waals surface area contributed by atoms with Crippen molar-refractivity contribution < 1.29 is 22.7 Å². The maximum absolute atomic E-state index is 14.8. The van der Waals surface area contributed by atoms with Gasteiger partial charge in [0.15, 0.2) is 8.32 Å². The van der Waals surface area contributed by atoms with Crippen molar-refractivity contribution in [3.63, 3.8) is 0 Å². The van der Waals surface area contributed by atoms with Crippen molar-refractivity contribution in [1.82, 2.24) is 4.98 Å². The van der Waals surface area contributed by atoms with Gasteiger partial charge in [-0.25, -0.2) is 4.98 Å². The molecule has 0 unspecified atom stereocenters. The van der Waals surface area contributed by atoms with Gasteiger partial charge in [0.1, 0.15) is 29.6 Å².